The standard InChI is InChI=1S/C13H15N3O2S/c1-3-10-6-4-5-9(2)12(10)16-8-14-15-13(16)19-7-11(17)18/h4-6,8H,3,7H2,1-2H3,(H,17,18). The fourth-order valence-corrected chi connectivity index (χ4v) is 2.59. The van der Waals surface area contributed by atoms with Crippen molar-refractivity contribution in [3.05, 3.63) is 35.7 Å². The van der Waals surface area contributed by atoms with E-state index in [9.17, 15) is 4.79 Å². The number of rotatable bonds is 5. The minimum atomic E-state index is -0.861. The Bertz CT molecular complexity index is 595. The molecule has 0 aliphatic carbocycles. The fourth-order valence-electron chi connectivity index (χ4n) is 1.95. The Balaban J connectivity index is 2.42. The number of carbonyl (C=O) groups is 1. The molecule has 0 amide bonds. The average molecular weight is 277 g/mol. The molecular weight excluding hydrogens is 262 g/mol. The zero-order valence-electron chi connectivity index (χ0n) is 10.8. The molecule has 1 heterocycles. The summed E-state index contributed by atoms with van der Waals surface area (Å²) in [6.07, 6.45) is 2.53. The van der Waals surface area contributed by atoms with E-state index >= 15 is 0 Å². The fraction of sp³-hybridized carbons (Fsp3) is 0.308. The molecule has 100 valence electrons. The van der Waals surface area contributed by atoms with Crippen LogP contribution >= 0.6 is 11.8 Å². The first-order chi connectivity index (χ1) is 9.13. The van der Waals surface area contributed by atoms with Gasteiger partial charge in [0, 0.05) is 0 Å². The number of aromatic nitrogens is 3. The third-order valence-electron chi connectivity index (χ3n) is 2.78. The van der Waals surface area contributed by atoms with Gasteiger partial charge in [0.15, 0.2) is 5.16 Å². The van der Waals surface area contributed by atoms with E-state index in [1.165, 1.54) is 17.3 Å². The Morgan fingerprint density at radius 1 is 1.47 bits per heavy atom. The number of hydrogen-bond acceptors (Lipinski definition) is 4. The molecule has 0 fully saturated rings. The molecule has 1 N–H and O–H groups in total. The van der Waals surface area contributed by atoms with Gasteiger partial charge in [0.1, 0.15) is 6.33 Å². The zero-order chi connectivity index (χ0) is 13.8. The molecule has 1 aromatic heterocycles. The number of hydrogen-bond donors (Lipinski definition) is 1. The molecule has 0 unspecified atom stereocenters. The lowest BCUT2D eigenvalue weighted by Gasteiger charge is -2.13. The third-order valence-corrected chi connectivity index (χ3v) is 3.71. The maximum absolute atomic E-state index is 10.7. The number of aliphatic carboxylic acids is 1. The smallest absolute Gasteiger partial charge is 0.313 e. The van der Waals surface area contributed by atoms with E-state index in [1.54, 1.807) is 6.33 Å². The predicted octanol–water partition coefficient (Wildman–Crippen LogP) is 2.31. The maximum Gasteiger partial charge on any atom is 0.313 e. The normalized spacial score (nSPS) is 10.6. The monoisotopic (exact) mass is 277 g/mol. The number of thioether (sulfide) groups is 1. The molecule has 0 spiro atoms. The SMILES string of the molecule is CCc1cccc(C)c1-n1cnnc1SCC(=O)O. The largest absolute Gasteiger partial charge is 0.481 e. The number of carboxylic acid groups (broad SMARTS) is 1. The van der Waals surface area contributed by atoms with Crippen molar-refractivity contribution in [3.8, 4) is 5.69 Å². The quantitative estimate of drug-likeness (QED) is 0.849. The highest BCUT2D eigenvalue weighted by atomic mass is 32.2. The molecule has 0 saturated heterocycles. The van der Waals surface area contributed by atoms with E-state index in [1.807, 2.05) is 23.6 Å². The molecular formula is C13H15N3O2S. The van der Waals surface area contributed by atoms with Crippen molar-refractivity contribution in [2.24, 2.45) is 0 Å². The molecule has 2 rings (SSSR count). The van der Waals surface area contributed by atoms with Gasteiger partial charge in [0.05, 0.1) is 11.4 Å². The topological polar surface area (TPSA) is 68.0 Å². The molecule has 0 aliphatic rings. The Hall–Kier alpha value is -1.82. The molecule has 1 aromatic carbocycles. The first kappa shape index (κ1) is 13.6. The van der Waals surface area contributed by atoms with E-state index in [2.05, 4.69) is 23.2 Å². The van der Waals surface area contributed by atoms with Crippen molar-refractivity contribution >= 4 is 17.7 Å². The molecule has 0 atom stereocenters. The summed E-state index contributed by atoms with van der Waals surface area (Å²) in [6, 6.07) is 6.11. The summed E-state index contributed by atoms with van der Waals surface area (Å²) < 4.78 is 1.86. The van der Waals surface area contributed by atoms with Gasteiger partial charge < -0.3 is 5.11 Å². The highest BCUT2D eigenvalue weighted by Crippen LogP contribution is 2.25. The Kier molecular flexibility index (Phi) is 4.21. The Morgan fingerprint density at radius 3 is 2.95 bits per heavy atom. The summed E-state index contributed by atoms with van der Waals surface area (Å²) in [7, 11) is 0. The van der Waals surface area contributed by atoms with Crippen LogP contribution in [-0.2, 0) is 11.2 Å². The predicted molar refractivity (Wildman–Crippen MR) is 73.8 cm³/mol. The van der Waals surface area contributed by atoms with Crippen LogP contribution in [0.4, 0.5) is 0 Å². The molecule has 0 saturated carbocycles. The lowest BCUT2D eigenvalue weighted by molar-refractivity contribution is -0.133. The summed E-state index contributed by atoms with van der Waals surface area (Å²) in [5.74, 6) is -0.883. The van der Waals surface area contributed by atoms with Gasteiger partial charge in [-0.25, -0.2) is 0 Å². The maximum atomic E-state index is 10.7. The van der Waals surface area contributed by atoms with Gasteiger partial charge in [-0.1, -0.05) is 36.9 Å². The van der Waals surface area contributed by atoms with Gasteiger partial charge >= 0.3 is 5.97 Å². The molecule has 5 nitrogen and oxygen atoms in total. The molecule has 0 bridgehead atoms. The second-order valence-electron chi connectivity index (χ2n) is 4.10. The summed E-state index contributed by atoms with van der Waals surface area (Å²) in [5.41, 5.74) is 3.36. The van der Waals surface area contributed by atoms with Gasteiger partial charge in [-0.3, -0.25) is 9.36 Å². The summed E-state index contributed by atoms with van der Waals surface area (Å²) in [5, 5.41) is 17.2. The van der Waals surface area contributed by atoms with Crippen molar-refractivity contribution in [3.63, 3.8) is 0 Å². The van der Waals surface area contributed by atoms with E-state index in [-0.39, 0.29) is 5.75 Å². The Labute approximate surface area is 115 Å². The van der Waals surface area contributed by atoms with Gasteiger partial charge in [-0.05, 0) is 24.5 Å². The number of nitrogens with zero attached hydrogens (tertiary/aromatic N) is 3. The highest BCUT2D eigenvalue weighted by Gasteiger charge is 2.13. The van der Waals surface area contributed by atoms with Crippen LogP contribution in [0.25, 0.3) is 5.69 Å². The van der Waals surface area contributed by atoms with Gasteiger partial charge in [-0.15, -0.1) is 10.2 Å². The lowest BCUT2D eigenvalue weighted by Crippen LogP contribution is -2.04. The van der Waals surface area contributed by atoms with Crippen LogP contribution in [0, 0.1) is 6.92 Å². The van der Waals surface area contributed by atoms with E-state index in [0.29, 0.717) is 5.16 Å². The Morgan fingerprint density at radius 2 is 2.26 bits per heavy atom. The molecule has 2 aromatic rings. The second kappa shape index (κ2) is 5.88. The molecule has 6 heteroatoms. The van der Waals surface area contributed by atoms with Gasteiger partial charge in [0.2, 0.25) is 0 Å². The summed E-state index contributed by atoms with van der Waals surface area (Å²) >= 11 is 1.17. The zero-order valence-corrected chi connectivity index (χ0v) is 11.6. The van der Waals surface area contributed by atoms with Crippen LogP contribution in [0.5, 0.6) is 0 Å². The van der Waals surface area contributed by atoms with E-state index in [0.717, 1.165) is 17.7 Å². The average Bonchev–Trinajstić information content (AvgIpc) is 2.83. The first-order valence-corrected chi connectivity index (χ1v) is 6.95. The number of benzene rings is 1. The van der Waals surface area contributed by atoms with Crippen molar-refractivity contribution in [1.82, 2.24) is 14.8 Å². The van der Waals surface area contributed by atoms with Crippen LogP contribution in [0.1, 0.15) is 18.1 Å². The van der Waals surface area contributed by atoms with Crippen molar-refractivity contribution in [2.45, 2.75) is 25.4 Å². The first-order valence-electron chi connectivity index (χ1n) is 5.97. The van der Waals surface area contributed by atoms with Gasteiger partial charge in [0.25, 0.3) is 0 Å². The van der Waals surface area contributed by atoms with Crippen molar-refractivity contribution < 1.29 is 9.90 Å². The lowest BCUT2D eigenvalue weighted by atomic mass is 10.1. The molecule has 0 aliphatic heterocycles. The van der Waals surface area contributed by atoms with Crippen LogP contribution in [0.15, 0.2) is 29.7 Å². The second-order valence-corrected chi connectivity index (χ2v) is 5.04. The minimum Gasteiger partial charge on any atom is -0.481 e. The van der Waals surface area contributed by atoms with Crippen molar-refractivity contribution in [1.29, 1.82) is 0 Å². The van der Waals surface area contributed by atoms with E-state index < -0.39 is 5.97 Å². The van der Waals surface area contributed by atoms with Crippen LogP contribution in [0.2, 0.25) is 0 Å². The van der Waals surface area contributed by atoms with Crippen LogP contribution < -0.4 is 0 Å². The summed E-state index contributed by atoms with van der Waals surface area (Å²) in [6.45, 7) is 4.12. The minimum absolute atomic E-state index is 0.0218. The van der Waals surface area contributed by atoms with Crippen LogP contribution in [-0.4, -0.2) is 31.6 Å². The third kappa shape index (κ3) is 2.96. The highest BCUT2D eigenvalue weighted by molar-refractivity contribution is 7.99. The molecule has 19 heavy (non-hydrogen) atoms. The van der Waals surface area contributed by atoms with Crippen molar-refractivity contribution in [2.75, 3.05) is 5.75 Å². The molecule has 0 radical (unpaired) electrons. The van der Waals surface area contributed by atoms with E-state index in [4.69, 9.17) is 5.11 Å². The van der Waals surface area contributed by atoms with Gasteiger partial charge in [-0.2, -0.15) is 0 Å². The van der Waals surface area contributed by atoms with Crippen LogP contribution in [0.3, 0.4) is 0 Å². The number of carboxylic acids is 1. The number of aryl methyl sites for hydroxylation is 2. The number of para-hydroxylation sites is 1. The summed E-state index contributed by atoms with van der Waals surface area (Å²) in [4.78, 5) is 10.7.